The molecule has 5 rings (SSSR count). The Morgan fingerprint density at radius 1 is 1.02 bits per heavy atom. The maximum absolute atomic E-state index is 13.3. The number of anilines is 1. The fraction of sp³-hybridized carbons (Fsp3) is 0.469. The maximum atomic E-state index is 13.3. The number of likely N-dealkylation sites (tertiary alicyclic amines) is 1. The van der Waals surface area contributed by atoms with Crippen LogP contribution in [0.4, 0.5) is 5.69 Å². The summed E-state index contributed by atoms with van der Waals surface area (Å²) in [7, 11) is 1.89. The minimum atomic E-state index is -0.289. The second-order valence-corrected chi connectivity index (χ2v) is 12.0. The van der Waals surface area contributed by atoms with Gasteiger partial charge in [0.1, 0.15) is 0 Å². The van der Waals surface area contributed by atoms with Crippen LogP contribution >= 0.6 is 23.2 Å². The number of ether oxygens (including phenoxy) is 2. The summed E-state index contributed by atoms with van der Waals surface area (Å²) in [6.07, 6.45) is 6.98. The van der Waals surface area contributed by atoms with E-state index in [0.717, 1.165) is 49.4 Å². The number of aromatic nitrogens is 1. The number of nitrogens with one attached hydrogen (secondary N) is 1. The van der Waals surface area contributed by atoms with E-state index >= 15 is 0 Å². The van der Waals surface area contributed by atoms with Gasteiger partial charge in [-0.1, -0.05) is 41.4 Å². The molecule has 2 amide bonds. The highest BCUT2D eigenvalue weighted by atomic mass is 35.5. The first-order valence-electron chi connectivity index (χ1n) is 14.7. The summed E-state index contributed by atoms with van der Waals surface area (Å²) >= 11 is 13.1. The first kappa shape index (κ1) is 30.4. The Kier molecular flexibility index (Phi) is 9.76. The molecule has 10 heteroatoms. The summed E-state index contributed by atoms with van der Waals surface area (Å²) < 4.78 is 13.3. The van der Waals surface area contributed by atoms with Crippen molar-refractivity contribution < 1.29 is 23.9 Å². The van der Waals surface area contributed by atoms with E-state index in [-0.39, 0.29) is 42.3 Å². The first-order chi connectivity index (χ1) is 20.2. The van der Waals surface area contributed by atoms with Gasteiger partial charge in [0.2, 0.25) is 5.91 Å². The third-order valence-corrected chi connectivity index (χ3v) is 9.05. The largest absolute Gasteiger partial charge is 0.466 e. The molecule has 0 bridgehead atoms. The van der Waals surface area contributed by atoms with Crippen molar-refractivity contribution in [1.29, 1.82) is 0 Å². The van der Waals surface area contributed by atoms with Gasteiger partial charge in [-0.2, -0.15) is 0 Å². The smallest absolute Gasteiger partial charge is 0.308 e. The van der Waals surface area contributed by atoms with Crippen LogP contribution in [0.15, 0.2) is 42.6 Å². The zero-order valence-corrected chi connectivity index (χ0v) is 25.5. The van der Waals surface area contributed by atoms with E-state index < -0.39 is 0 Å². The summed E-state index contributed by atoms with van der Waals surface area (Å²) in [6, 6.07) is 11.0. The molecule has 0 unspecified atom stereocenters. The molecule has 2 fully saturated rings. The number of benzene rings is 2. The normalized spacial score (nSPS) is 20.6. The summed E-state index contributed by atoms with van der Waals surface area (Å²) in [5, 5.41) is 4.40. The van der Waals surface area contributed by atoms with Crippen LogP contribution in [0.5, 0.6) is 0 Å². The van der Waals surface area contributed by atoms with Gasteiger partial charge in [-0.25, -0.2) is 0 Å². The predicted octanol–water partition coefficient (Wildman–Crippen LogP) is 6.41. The minimum absolute atomic E-state index is 0.00813. The van der Waals surface area contributed by atoms with Gasteiger partial charge in [-0.05, 0) is 69.2 Å². The standard InChI is InChI=1S/C32H37Cl2N3O5/c1-3-41-32(40)20-10-12-23(13-11-20)42-19-22-7-6-14-37(22)30(38)16-21-15-27(34)28(17-26(21)33)35-31(39)25-18-36(2)29-9-5-4-8-24(25)29/h4-5,8-9,15,17-18,20,22-23H,3,6-7,10-14,16,19H2,1-2H3,(H,35,39)/t20?,22-,23?/m0/s1. The molecule has 224 valence electrons. The quantitative estimate of drug-likeness (QED) is 0.282. The number of hydrogen-bond donors (Lipinski definition) is 1. The Morgan fingerprint density at radius 3 is 2.55 bits per heavy atom. The fourth-order valence-corrected chi connectivity index (χ4v) is 6.57. The Bertz CT molecular complexity index is 1460. The van der Waals surface area contributed by atoms with Gasteiger partial charge in [0.25, 0.3) is 5.91 Å². The van der Waals surface area contributed by atoms with E-state index in [1.54, 1.807) is 18.3 Å². The van der Waals surface area contributed by atoms with Crippen molar-refractivity contribution in [2.24, 2.45) is 13.0 Å². The number of amides is 2. The monoisotopic (exact) mass is 613 g/mol. The van der Waals surface area contributed by atoms with Crippen molar-refractivity contribution in [3.05, 3.63) is 63.8 Å². The van der Waals surface area contributed by atoms with Crippen molar-refractivity contribution in [2.75, 3.05) is 25.1 Å². The highest BCUT2D eigenvalue weighted by Gasteiger charge is 2.32. The highest BCUT2D eigenvalue weighted by molar-refractivity contribution is 6.36. The zero-order chi connectivity index (χ0) is 29.8. The Hall–Kier alpha value is -3.07. The molecule has 1 N–H and O–H groups in total. The van der Waals surface area contributed by atoms with Crippen LogP contribution in [-0.2, 0) is 32.5 Å². The second-order valence-electron chi connectivity index (χ2n) is 11.2. The van der Waals surface area contributed by atoms with Crippen LogP contribution in [0.3, 0.4) is 0 Å². The summed E-state index contributed by atoms with van der Waals surface area (Å²) in [6.45, 7) is 3.39. The van der Waals surface area contributed by atoms with Gasteiger partial charge in [-0.15, -0.1) is 0 Å². The molecule has 3 aromatic rings. The first-order valence-corrected chi connectivity index (χ1v) is 15.4. The zero-order valence-electron chi connectivity index (χ0n) is 24.0. The Balaban J connectivity index is 1.17. The predicted molar refractivity (Wildman–Crippen MR) is 164 cm³/mol. The van der Waals surface area contributed by atoms with Crippen LogP contribution in [0.25, 0.3) is 10.9 Å². The number of aryl methyl sites for hydroxylation is 1. The highest BCUT2D eigenvalue weighted by Crippen LogP contribution is 2.32. The Labute approximate surface area is 256 Å². The summed E-state index contributed by atoms with van der Waals surface area (Å²) in [4.78, 5) is 40.3. The van der Waals surface area contributed by atoms with Crippen LogP contribution in [0.2, 0.25) is 10.0 Å². The number of fused-ring (bicyclic) bond motifs is 1. The molecule has 1 aliphatic heterocycles. The van der Waals surface area contributed by atoms with Gasteiger partial charge in [0.15, 0.2) is 0 Å². The number of nitrogens with zero attached hydrogens (tertiary/aromatic N) is 2. The van der Waals surface area contributed by atoms with Crippen LogP contribution in [0.1, 0.15) is 61.4 Å². The molecule has 1 atom stereocenters. The van der Waals surface area contributed by atoms with Crippen molar-refractivity contribution >= 4 is 57.6 Å². The summed E-state index contributed by atoms with van der Waals surface area (Å²) in [5.74, 6) is -0.466. The van der Waals surface area contributed by atoms with E-state index in [2.05, 4.69) is 5.32 Å². The number of rotatable bonds is 9. The minimum Gasteiger partial charge on any atom is -0.466 e. The second kappa shape index (κ2) is 13.5. The van der Waals surface area contributed by atoms with E-state index in [1.807, 2.05) is 47.7 Å². The lowest BCUT2D eigenvalue weighted by Gasteiger charge is -2.30. The lowest BCUT2D eigenvalue weighted by molar-refractivity contribution is -0.150. The van der Waals surface area contributed by atoms with Crippen molar-refractivity contribution in [2.45, 2.75) is 64.0 Å². The topological polar surface area (TPSA) is 89.9 Å². The molecule has 42 heavy (non-hydrogen) atoms. The van der Waals surface area contributed by atoms with E-state index in [9.17, 15) is 14.4 Å². The van der Waals surface area contributed by atoms with Crippen LogP contribution in [0, 0.1) is 5.92 Å². The SMILES string of the molecule is CCOC(=O)C1CCC(OC[C@@H]2CCCN2C(=O)Cc2cc(Cl)c(NC(=O)c3cn(C)c4ccccc34)cc2Cl)CC1. The average Bonchev–Trinajstić information content (AvgIpc) is 3.59. The molecule has 1 aliphatic carbocycles. The molecular formula is C32H37Cl2N3O5. The van der Waals surface area contributed by atoms with Crippen molar-refractivity contribution in [1.82, 2.24) is 9.47 Å². The molecular weight excluding hydrogens is 577 g/mol. The van der Waals surface area contributed by atoms with Crippen LogP contribution < -0.4 is 5.32 Å². The molecule has 1 saturated heterocycles. The third-order valence-electron chi connectivity index (χ3n) is 8.38. The number of carbonyl (C=O) groups excluding carboxylic acids is 3. The lowest BCUT2D eigenvalue weighted by atomic mass is 9.87. The molecule has 1 aromatic heterocycles. The third kappa shape index (κ3) is 6.77. The van der Waals surface area contributed by atoms with E-state index in [4.69, 9.17) is 32.7 Å². The number of para-hydroxylation sites is 1. The van der Waals surface area contributed by atoms with Crippen LogP contribution in [-0.4, -0.2) is 59.2 Å². The molecule has 2 aromatic carbocycles. The maximum Gasteiger partial charge on any atom is 0.308 e. The van der Waals surface area contributed by atoms with Crippen molar-refractivity contribution in [3.8, 4) is 0 Å². The molecule has 2 heterocycles. The number of hydrogen-bond acceptors (Lipinski definition) is 5. The molecule has 8 nitrogen and oxygen atoms in total. The number of carbonyl (C=O) groups is 3. The number of esters is 1. The molecule has 2 aliphatic rings. The number of halogens is 2. The fourth-order valence-electron chi connectivity index (χ4n) is 6.11. The molecule has 0 spiro atoms. The summed E-state index contributed by atoms with van der Waals surface area (Å²) in [5.41, 5.74) is 2.49. The van der Waals surface area contributed by atoms with Gasteiger partial charge in [0, 0.05) is 35.7 Å². The van der Waals surface area contributed by atoms with Gasteiger partial charge < -0.3 is 24.3 Å². The molecule has 0 radical (unpaired) electrons. The average molecular weight is 615 g/mol. The van der Waals surface area contributed by atoms with Gasteiger partial charge >= 0.3 is 5.97 Å². The lowest BCUT2D eigenvalue weighted by Crippen LogP contribution is -2.40. The van der Waals surface area contributed by atoms with Crippen molar-refractivity contribution in [3.63, 3.8) is 0 Å². The molecule has 1 saturated carbocycles. The van der Waals surface area contributed by atoms with E-state index in [0.29, 0.717) is 46.6 Å². The Morgan fingerprint density at radius 2 is 1.79 bits per heavy atom. The van der Waals surface area contributed by atoms with E-state index in [1.165, 1.54) is 0 Å². The van der Waals surface area contributed by atoms with Gasteiger partial charge in [-0.3, -0.25) is 14.4 Å². The van der Waals surface area contributed by atoms with Gasteiger partial charge in [0.05, 0.1) is 54.0 Å².